The molecule has 102 valence electrons. The molecule has 1 unspecified atom stereocenters. The highest BCUT2D eigenvalue weighted by atomic mass is 19.1. The largest absolute Gasteiger partial charge is 0.310 e. The Morgan fingerprint density at radius 3 is 2.45 bits per heavy atom. The van der Waals surface area contributed by atoms with Crippen LogP contribution in [0.15, 0.2) is 42.5 Å². The van der Waals surface area contributed by atoms with E-state index in [1.165, 1.54) is 17.7 Å². The molecule has 0 heterocycles. The molecular formula is C17H17FN2. The third kappa shape index (κ3) is 3.23. The molecule has 0 radical (unpaired) electrons. The summed E-state index contributed by atoms with van der Waals surface area (Å²) in [6, 6.07) is 14.6. The monoisotopic (exact) mass is 268 g/mol. The van der Waals surface area contributed by atoms with Crippen molar-refractivity contribution < 1.29 is 4.39 Å². The van der Waals surface area contributed by atoms with Gasteiger partial charge in [0, 0.05) is 6.04 Å². The van der Waals surface area contributed by atoms with Crippen LogP contribution in [0.2, 0.25) is 0 Å². The maximum Gasteiger partial charge on any atom is 0.125 e. The Kier molecular flexibility index (Phi) is 4.49. The van der Waals surface area contributed by atoms with E-state index < -0.39 is 0 Å². The van der Waals surface area contributed by atoms with Crippen molar-refractivity contribution >= 4 is 0 Å². The van der Waals surface area contributed by atoms with E-state index in [2.05, 4.69) is 19.2 Å². The lowest BCUT2D eigenvalue weighted by Crippen LogP contribution is -2.17. The number of rotatable bonds is 4. The summed E-state index contributed by atoms with van der Waals surface area (Å²) in [5.74, 6) is -0.385. The lowest BCUT2D eigenvalue weighted by molar-refractivity contribution is 0.598. The van der Waals surface area contributed by atoms with Gasteiger partial charge in [-0.3, -0.25) is 0 Å². The topological polar surface area (TPSA) is 35.8 Å². The summed E-state index contributed by atoms with van der Waals surface area (Å²) in [6.45, 7) is 5.09. The van der Waals surface area contributed by atoms with E-state index in [1.807, 2.05) is 30.3 Å². The van der Waals surface area contributed by atoms with Crippen LogP contribution < -0.4 is 5.32 Å². The Bertz CT molecular complexity index is 626. The van der Waals surface area contributed by atoms with Gasteiger partial charge in [-0.15, -0.1) is 0 Å². The van der Waals surface area contributed by atoms with E-state index in [1.54, 1.807) is 6.07 Å². The molecule has 0 aliphatic heterocycles. The van der Waals surface area contributed by atoms with Crippen LogP contribution in [0.3, 0.4) is 0 Å². The minimum atomic E-state index is -0.385. The number of nitriles is 1. The minimum Gasteiger partial charge on any atom is -0.310 e. The van der Waals surface area contributed by atoms with Crippen molar-refractivity contribution in [1.29, 1.82) is 5.26 Å². The van der Waals surface area contributed by atoms with Crippen molar-refractivity contribution in [2.75, 3.05) is 6.54 Å². The smallest absolute Gasteiger partial charge is 0.125 e. The van der Waals surface area contributed by atoms with Gasteiger partial charge in [-0.2, -0.15) is 5.26 Å². The zero-order valence-electron chi connectivity index (χ0n) is 11.7. The van der Waals surface area contributed by atoms with Crippen molar-refractivity contribution in [1.82, 2.24) is 5.32 Å². The second-order valence-corrected chi connectivity index (χ2v) is 4.74. The molecule has 1 N–H and O–H groups in total. The van der Waals surface area contributed by atoms with E-state index >= 15 is 0 Å². The number of halogens is 1. The van der Waals surface area contributed by atoms with Gasteiger partial charge in [-0.1, -0.05) is 31.2 Å². The van der Waals surface area contributed by atoms with E-state index in [4.69, 9.17) is 5.26 Å². The molecule has 20 heavy (non-hydrogen) atoms. The molecular weight excluding hydrogens is 251 g/mol. The third-order valence-corrected chi connectivity index (χ3v) is 3.28. The molecule has 0 aromatic heterocycles. The molecule has 0 fully saturated rings. The Morgan fingerprint density at radius 1 is 1.15 bits per heavy atom. The molecule has 0 spiro atoms. The molecule has 2 nitrogen and oxygen atoms in total. The molecule has 0 aliphatic rings. The van der Waals surface area contributed by atoms with Crippen LogP contribution >= 0.6 is 0 Å². The maximum atomic E-state index is 13.4. The van der Waals surface area contributed by atoms with Gasteiger partial charge in [0.1, 0.15) is 5.82 Å². The molecule has 0 saturated heterocycles. The van der Waals surface area contributed by atoms with E-state index in [0.717, 1.165) is 17.7 Å². The van der Waals surface area contributed by atoms with Gasteiger partial charge in [0.15, 0.2) is 0 Å². The first kappa shape index (κ1) is 14.2. The number of hydrogen-bond donors (Lipinski definition) is 1. The molecule has 2 aromatic carbocycles. The van der Waals surface area contributed by atoms with Gasteiger partial charge in [0.25, 0.3) is 0 Å². The highest BCUT2D eigenvalue weighted by molar-refractivity contribution is 5.65. The average Bonchev–Trinajstić information content (AvgIpc) is 2.47. The first-order valence-electron chi connectivity index (χ1n) is 6.68. The molecule has 0 aliphatic carbocycles. The second-order valence-electron chi connectivity index (χ2n) is 4.74. The highest BCUT2D eigenvalue weighted by Crippen LogP contribution is 2.24. The Morgan fingerprint density at radius 2 is 1.85 bits per heavy atom. The lowest BCUT2D eigenvalue weighted by atomic mass is 10.00. The standard InChI is InChI=1S/C17H17FN2/c1-3-20-12(2)14-4-6-15(7-5-14)16-8-13(11-19)9-17(18)10-16/h4-10,12,20H,3H2,1-2H3. The molecule has 0 amide bonds. The molecule has 0 saturated carbocycles. The molecule has 2 aromatic rings. The number of nitrogens with zero attached hydrogens (tertiary/aromatic N) is 1. The minimum absolute atomic E-state index is 0.288. The van der Waals surface area contributed by atoms with E-state index in [-0.39, 0.29) is 11.9 Å². The lowest BCUT2D eigenvalue weighted by Gasteiger charge is -2.13. The van der Waals surface area contributed by atoms with Gasteiger partial charge in [-0.25, -0.2) is 4.39 Å². The summed E-state index contributed by atoms with van der Waals surface area (Å²) in [5, 5.41) is 12.2. The van der Waals surface area contributed by atoms with Gasteiger partial charge in [0.05, 0.1) is 11.6 Å². The third-order valence-electron chi connectivity index (χ3n) is 3.28. The van der Waals surface area contributed by atoms with Crippen molar-refractivity contribution in [2.24, 2.45) is 0 Å². The fourth-order valence-electron chi connectivity index (χ4n) is 2.21. The number of nitrogens with one attached hydrogen (secondary N) is 1. The van der Waals surface area contributed by atoms with Crippen LogP contribution in [0.25, 0.3) is 11.1 Å². The maximum absolute atomic E-state index is 13.4. The number of benzene rings is 2. The van der Waals surface area contributed by atoms with Gasteiger partial charge < -0.3 is 5.32 Å². The van der Waals surface area contributed by atoms with Gasteiger partial charge >= 0.3 is 0 Å². The summed E-state index contributed by atoms with van der Waals surface area (Å²) >= 11 is 0. The molecule has 1 atom stereocenters. The summed E-state index contributed by atoms with van der Waals surface area (Å²) in [7, 11) is 0. The Hall–Kier alpha value is -2.18. The quantitative estimate of drug-likeness (QED) is 0.908. The van der Waals surface area contributed by atoms with Crippen molar-refractivity contribution in [3.63, 3.8) is 0 Å². The van der Waals surface area contributed by atoms with Crippen LogP contribution in [0.4, 0.5) is 4.39 Å². The first-order chi connectivity index (χ1) is 9.63. The normalized spacial score (nSPS) is 11.9. The summed E-state index contributed by atoms with van der Waals surface area (Å²) < 4.78 is 13.4. The van der Waals surface area contributed by atoms with Gasteiger partial charge in [-0.05, 0) is 48.4 Å². The van der Waals surface area contributed by atoms with Crippen LogP contribution in [0.1, 0.15) is 31.0 Å². The predicted octanol–water partition coefficient (Wildman–Crippen LogP) is 4.03. The zero-order valence-corrected chi connectivity index (χ0v) is 11.7. The van der Waals surface area contributed by atoms with Crippen molar-refractivity contribution in [3.8, 4) is 17.2 Å². The SMILES string of the molecule is CCNC(C)c1ccc(-c2cc(F)cc(C#N)c2)cc1. The summed E-state index contributed by atoms with van der Waals surface area (Å²) in [5.41, 5.74) is 3.16. The number of hydrogen-bond acceptors (Lipinski definition) is 2. The molecule has 0 bridgehead atoms. The molecule has 2 rings (SSSR count). The predicted molar refractivity (Wildman–Crippen MR) is 78.6 cm³/mol. The van der Waals surface area contributed by atoms with E-state index in [9.17, 15) is 4.39 Å². The molecule has 3 heteroatoms. The average molecular weight is 268 g/mol. The van der Waals surface area contributed by atoms with E-state index in [0.29, 0.717) is 5.56 Å². The van der Waals surface area contributed by atoms with Crippen LogP contribution in [0, 0.1) is 17.1 Å². The van der Waals surface area contributed by atoms with Crippen molar-refractivity contribution in [3.05, 3.63) is 59.4 Å². The zero-order chi connectivity index (χ0) is 14.5. The fourth-order valence-corrected chi connectivity index (χ4v) is 2.21. The fraction of sp³-hybridized carbons (Fsp3) is 0.235. The first-order valence-corrected chi connectivity index (χ1v) is 6.68. The second kappa shape index (κ2) is 6.31. The van der Waals surface area contributed by atoms with Crippen LogP contribution in [0.5, 0.6) is 0 Å². The Balaban J connectivity index is 2.30. The summed E-state index contributed by atoms with van der Waals surface area (Å²) in [4.78, 5) is 0. The van der Waals surface area contributed by atoms with Crippen LogP contribution in [-0.2, 0) is 0 Å². The summed E-state index contributed by atoms with van der Waals surface area (Å²) in [6.07, 6.45) is 0. The van der Waals surface area contributed by atoms with Crippen molar-refractivity contribution in [2.45, 2.75) is 19.9 Å². The highest BCUT2D eigenvalue weighted by Gasteiger charge is 2.06. The van der Waals surface area contributed by atoms with Crippen LogP contribution in [-0.4, -0.2) is 6.54 Å². The van der Waals surface area contributed by atoms with Gasteiger partial charge in [0.2, 0.25) is 0 Å². The Labute approximate surface area is 118 Å².